The number of nitrogens with one attached hydrogen (secondary N) is 2. The molecule has 1 aromatic rings. The van der Waals surface area contributed by atoms with Crippen LogP contribution in [-0.4, -0.2) is 29.1 Å². The Morgan fingerprint density at radius 3 is 2.39 bits per heavy atom. The number of benzene rings is 1. The van der Waals surface area contributed by atoms with Crippen molar-refractivity contribution in [1.82, 2.24) is 10.6 Å². The monoisotopic (exact) mass is 318 g/mol. The van der Waals surface area contributed by atoms with E-state index in [2.05, 4.69) is 17.6 Å². The fraction of sp³-hybridized carbons (Fsp3) is 0.556. The zero-order valence-corrected chi connectivity index (χ0v) is 13.7. The Morgan fingerprint density at radius 2 is 1.78 bits per heavy atom. The van der Waals surface area contributed by atoms with Crippen molar-refractivity contribution in [2.24, 2.45) is 0 Å². The van der Waals surface area contributed by atoms with Crippen molar-refractivity contribution in [2.45, 2.75) is 57.6 Å². The summed E-state index contributed by atoms with van der Waals surface area (Å²) < 4.78 is 0. The van der Waals surface area contributed by atoms with E-state index in [-0.39, 0.29) is 11.8 Å². The van der Waals surface area contributed by atoms with E-state index in [1.807, 2.05) is 12.1 Å². The van der Waals surface area contributed by atoms with Crippen LogP contribution in [0.3, 0.4) is 0 Å². The van der Waals surface area contributed by atoms with Crippen LogP contribution in [0.2, 0.25) is 0 Å². The van der Waals surface area contributed by atoms with Gasteiger partial charge in [0, 0.05) is 18.7 Å². The number of aliphatic hydroxyl groups is 1. The summed E-state index contributed by atoms with van der Waals surface area (Å²) in [4.78, 5) is 23.9. The zero-order valence-electron chi connectivity index (χ0n) is 13.7. The molecule has 0 unspecified atom stereocenters. The third kappa shape index (κ3) is 4.79. The van der Waals surface area contributed by atoms with Crippen LogP contribution in [-0.2, 0) is 11.3 Å². The van der Waals surface area contributed by atoms with Gasteiger partial charge in [0.1, 0.15) is 5.60 Å². The van der Waals surface area contributed by atoms with Gasteiger partial charge in [0.2, 0.25) is 0 Å². The van der Waals surface area contributed by atoms with E-state index in [1.54, 1.807) is 12.1 Å². The van der Waals surface area contributed by atoms with E-state index in [0.717, 1.165) is 31.2 Å². The van der Waals surface area contributed by atoms with Gasteiger partial charge in [0.05, 0.1) is 0 Å². The van der Waals surface area contributed by atoms with Crippen molar-refractivity contribution < 1.29 is 14.7 Å². The minimum atomic E-state index is -1.20. The smallest absolute Gasteiger partial charge is 0.252 e. The van der Waals surface area contributed by atoms with Crippen LogP contribution >= 0.6 is 0 Å². The molecule has 1 fully saturated rings. The van der Waals surface area contributed by atoms with Crippen LogP contribution in [0.25, 0.3) is 0 Å². The van der Waals surface area contributed by atoms with E-state index < -0.39 is 5.60 Å². The average Bonchev–Trinajstić information content (AvgIpc) is 3.01. The molecule has 5 heteroatoms. The molecular weight excluding hydrogens is 292 g/mol. The molecule has 2 rings (SSSR count). The standard InChI is InChI=1S/C18H26N2O3/c1-2-3-12-19-16(21)15-8-6-14(7-9-15)13-20-17(22)18(23)10-4-5-11-18/h6-9,23H,2-5,10-13H2,1H3,(H,19,21)(H,20,22). The minimum absolute atomic E-state index is 0.0747. The lowest BCUT2D eigenvalue weighted by molar-refractivity contribution is -0.139. The summed E-state index contributed by atoms with van der Waals surface area (Å²) in [5.74, 6) is -0.370. The molecule has 0 aromatic heterocycles. The van der Waals surface area contributed by atoms with Crippen LogP contribution < -0.4 is 10.6 Å². The first-order chi connectivity index (χ1) is 11.0. The van der Waals surface area contributed by atoms with Crippen LogP contribution in [0, 0.1) is 0 Å². The van der Waals surface area contributed by atoms with Gasteiger partial charge < -0.3 is 15.7 Å². The Hall–Kier alpha value is -1.88. The third-order valence-electron chi connectivity index (χ3n) is 4.34. The number of hydrogen-bond donors (Lipinski definition) is 3. The molecule has 23 heavy (non-hydrogen) atoms. The van der Waals surface area contributed by atoms with Gasteiger partial charge in [-0.3, -0.25) is 9.59 Å². The van der Waals surface area contributed by atoms with Crippen molar-refractivity contribution in [2.75, 3.05) is 6.54 Å². The highest BCUT2D eigenvalue weighted by Crippen LogP contribution is 2.29. The fourth-order valence-electron chi connectivity index (χ4n) is 2.79. The van der Waals surface area contributed by atoms with E-state index >= 15 is 0 Å². The maximum Gasteiger partial charge on any atom is 0.252 e. The van der Waals surface area contributed by atoms with Gasteiger partial charge in [-0.05, 0) is 49.8 Å². The second-order valence-electron chi connectivity index (χ2n) is 6.23. The lowest BCUT2D eigenvalue weighted by atomic mass is 10.0. The average molecular weight is 318 g/mol. The van der Waals surface area contributed by atoms with Crippen molar-refractivity contribution in [3.8, 4) is 0 Å². The fourth-order valence-corrected chi connectivity index (χ4v) is 2.79. The molecule has 1 aliphatic rings. The molecule has 0 bridgehead atoms. The molecule has 1 saturated carbocycles. The molecule has 126 valence electrons. The second kappa shape index (κ2) is 8.11. The molecule has 0 spiro atoms. The normalized spacial score (nSPS) is 16.1. The predicted octanol–water partition coefficient (Wildman–Crippen LogP) is 2.14. The highest BCUT2D eigenvalue weighted by molar-refractivity contribution is 5.94. The molecule has 0 saturated heterocycles. The van der Waals surface area contributed by atoms with E-state index in [1.165, 1.54) is 0 Å². The highest BCUT2D eigenvalue weighted by atomic mass is 16.3. The van der Waals surface area contributed by atoms with Gasteiger partial charge in [0.15, 0.2) is 0 Å². The summed E-state index contributed by atoms with van der Waals surface area (Å²) >= 11 is 0. The number of rotatable bonds is 7. The number of amides is 2. The van der Waals surface area contributed by atoms with Crippen molar-refractivity contribution in [1.29, 1.82) is 0 Å². The zero-order chi connectivity index (χ0) is 16.7. The molecule has 0 heterocycles. The first-order valence-corrected chi connectivity index (χ1v) is 8.43. The minimum Gasteiger partial charge on any atom is -0.380 e. The summed E-state index contributed by atoms with van der Waals surface area (Å²) in [6.45, 7) is 3.13. The maximum absolute atomic E-state index is 12.0. The highest BCUT2D eigenvalue weighted by Gasteiger charge is 2.38. The first kappa shape index (κ1) is 17.5. The Kier molecular flexibility index (Phi) is 6.16. The lowest BCUT2D eigenvalue weighted by Crippen LogP contribution is -2.44. The number of carbonyl (C=O) groups is 2. The van der Waals surface area contributed by atoms with Crippen LogP contribution in [0.1, 0.15) is 61.4 Å². The van der Waals surface area contributed by atoms with E-state index in [0.29, 0.717) is 31.5 Å². The number of unbranched alkanes of at least 4 members (excludes halogenated alkanes) is 1. The molecule has 0 aliphatic heterocycles. The molecule has 2 amide bonds. The summed E-state index contributed by atoms with van der Waals surface area (Å²) in [5.41, 5.74) is 0.328. The van der Waals surface area contributed by atoms with Crippen molar-refractivity contribution in [3.05, 3.63) is 35.4 Å². The van der Waals surface area contributed by atoms with Crippen LogP contribution in [0.5, 0.6) is 0 Å². The molecular formula is C18H26N2O3. The maximum atomic E-state index is 12.0. The molecule has 1 aromatic carbocycles. The Labute approximate surface area is 137 Å². The summed E-state index contributed by atoms with van der Waals surface area (Å²) in [5, 5.41) is 15.8. The third-order valence-corrected chi connectivity index (χ3v) is 4.34. The Bertz CT molecular complexity index is 534. The summed E-state index contributed by atoms with van der Waals surface area (Å²) in [7, 11) is 0. The van der Waals surface area contributed by atoms with Crippen molar-refractivity contribution in [3.63, 3.8) is 0 Å². The van der Waals surface area contributed by atoms with Crippen molar-refractivity contribution >= 4 is 11.8 Å². The molecule has 5 nitrogen and oxygen atoms in total. The molecule has 1 aliphatic carbocycles. The Morgan fingerprint density at radius 1 is 1.13 bits per heavy atom. The summed E-state index contributed by atoms with van der Waals surface area (Å²) in [6, 6.07) is 7.17. The topological polar surface area (TPSA) is 78.4 Å². The van der Waals surface area contributed by atoms with Gasteiger partial charge in [-0.1, -0.05) is 25.5 Å². The molecule has 0 atom stereocenters. The summed E-state index contributed by atoms with van der Waals surface area (Å²) in [6.07, 6.45) is 4.88. The van der Waals surface area contributed by atoms with E-state index in [4.69, 9.17) is 0 Å². The van der Waals surface area contributed by atoms with Gasteiger partial charge in [-0.15, -0.1) is 0 Å². The number of carbonyl (C=O) groups excluding carboxylic acids is 2. The van der Waals surface area contributed by atoms with Crippen LogP contribution in [0.15, 0.2) is 24.3 Å². The van der Waals surface area contributed by atoms with Gasteiger partial charge in [-0.2, -0.15) is 0 Å². The lowest BCUT2D eigenvalue weighted by Gasteiger charge is -2.20. The molecule has 0 radical (unpaired) electrons. The number of hydrogen-bond acceptors (Lipinski definition) is 3. The van der Waals surface area contributed by atoms with Gasteiger partial charge in [0.25, 0.3) is 11.8 Å². The Balaban J connectivity index is 1.83. The quantitative estimate of drug-likeness (QED) is 0.674. The first-order valence-electron chi connectivity index (χ1n) is 8.43. The van der Waals surface area contributed by atoms with Crippen LogP contribution in [0.4, 0.5) is 0 Å². The van der Waals surface area contributed by atoms with E-state index in [9.17, 15) is 14.7 Å². The molecule has 3 N–H and O–H groups in total. The predicted molar refractivity (Wildman–Crippen MR) is 88.9 cm³/mol. The largest absolute Gasteiger partial charge is 0.380 e. The SMILES string of the molecule is CCCCNC(=O)c1ccc(CNC(=O)C2(O)CCCC2)cc1. The second-order valence-corrected chi connectivity index (χ2v) is 6.23. The van der Waals surface area contributed by atoms with Gasteiger partial charge >= 0.3 is 0 Å². The van der Waals surface area contributed by atoms with Gasteiger partial charge in [-0.25, -0.2) is 0 Å².